The first-order valence-electron chi connectivity index (χ1n) is 5.54. The average molecular weight is 252 g/mol. The maximum Gasteiger partial charge on any atom is 0.140 e. The minimum Gasteiger partial charge on any atom is -0.396 e. The number of benzene rings is 1. The van der Waals surface area contributed by atoms with E-state index < -0.39 is 0 Å². The first-order chi connectivity index (χ1) is 8.26. The number of Topliss-reactive ketones (excluding diaryl/α,β-unsaturated/α-hetero) is 1. The smallest absolute Gasteiger partial charge is 0.140 e. The Balaban J connectivity index is 2.39. The molecule has 0 atom stereocenters. The Hall–Kier alpha value is -1.13. The van der Waals surface area contributed by atoms with E-state index in [1.54, 1.807) is 11.8 Å². The van der Waals surface area contributed by atoms with Crippen molar-refractivity contribution >= 4 is 23.8 Å². The zero-order valence-electron chi connectivity index (χ0n) is 9.59. The van der Waals surface area contributed by atoms with Crippen LogP contribution in [-0.2, 0) is 16.0 Å². The molecule has 0 aliphatic heterocycles. The Bertz CT molecular complexity index is 359. The summed E-state index contributed by atoms with van der Waals surface area (Å²) in [5.41, 5.74) is 1.09. The van der Waals surface area contributed by atoms with E-state index in [1.807, 2.05) is 24.3 Å². The molecule has 1 aromatic rings. The second kappa shape index (κ2) is 8.03. The zero-order valence-corrected chi connectivity index (χ0v) is 10.4. The van der Waals surface area contributed by atoms with Crippen LogP contribution in [0.15, 0.2) is 29.2 Å². The normalized spacial score (nSPS) is 10.2. The van der Waals surface area contributed by atoms with Gasteiger partial charge in [-0.1, -0.05) is 12.1 Å². The molecule has 0 amide bonds. The molecule has 0 spiro atoms. The molecule has 0 unspecified atom stereocenters. The average Bonchev–Trinajstić information content (AvgIpc) is 2.35. The number of carbonyl (C=O) groups is 2. The third-order valence-corrected chi connectivity index (χ3v) is 3.28. The van der Waals surface area contributed by atoms with E-state index in [2.05, 4.69) is 0 Å². The van der Waals surface area contributed by atoms with Gasteiger partial charge in [0.2, 0.25) is 0 Å². The number of hydrogen-bond donors (Lipinski definition) is 1. The Morgan fingerprint density at radius 3 is 2.59 bits per heavy atom. The quantitative estimate of drug-likeness (QED) is 0.436. The Morgan fingerprint density at radius 2 is 2.00 bits per heavy atom. The molecular formula is C13H16O3S. The molecule has 0 radical (unpaired) electrons. The molecule has 0 saturated carbocycles. The molecule has 1 N–H and O–H groups in total. The molecule has 0 aromatic heterocycles. The van der Waals surface area contributed by atoms with Crippen LogP contribution in [-0.4, -0.2) is 29.5 Å². The van der Waals surface area contributed by atoms with Crippen molar-refractivity contribution in [2.24, 2.45) is 0 Å². The third-order valence-electron chi connectivity index (χ3n) is 2.29. The van der Waals surface area contributed by atoms with E-state index in [9.17, 15) is 9.59 Å². The highest BCUT2D eigenvalue weighted by molar-refractivity contribution is 7.99. The Labute approximate surface area is 105 Å². The molecule has 17 heavy (non-hydrogen) atoms. The van der Waals surface area contributed by atoms with Gasteiger partial charge in [0.05, 0.1) is 13.0 Å². The molecule has 1 aromatic carbocycles. The first kappa shape index (κ1) is 13.9. The summed E-state index contributed by atoms with van der Waals surface area (Å²) >= 11 is 1.60. The number of ketones is 1. The van der Waals surface area contributed by atoms with Crippen LogP contribution in [0.4, 0.5) is 0 Å². The van der Waals surface area contributed by atoms with Crippen LogP contribution in [0.25, 0.3) is 0 Å². The number of rotatable bonds is 8. The van der Waals surface area contributed by atoms with Crippen molar-refractivity contribution in [2.45, 2.75) is 24.2 Å². The summed E-state index contributed by atoms with van der Waals surface area (Å²) in [5.74, 6) is 0.677. The predicted molar refractivity (Wildman–Crippen MR) is 68.3 cm³/mol. The van der Waals surface area contributed by atoms with Gasteiger partial charge in [-0.3, -0.25) is 4.79 Å². The van der Waals surface area contributed by atoms with Crippen LogP contribution in [0.5, 0.6) is 0 Å². The summed E-state index contributed by atoms with van der Waals surface area (Å²) in [6, 6.07) is 7.93. The van der Waals surface area contributed by atoms with E-state index in [4.69, 9.17) is 5.11 Å². The zero-order chi connectivity index (χ0) is 12.5. The molecule has 3 nitrogen and oxygen atoms in total. The molecular weight excluding hydrogens is 236 g/mol. The van der Waals surface area contributed by atoms with E-state index >= 15 is 0 Å². The van der Waals surface area contributed by atoms with Gasteiger partial charge in [0.15, 0.2) is 0 Å². The highest BCUT2D eigenvalue weighted by Gasteiger charge is 2.02. The molecule has 1 rings (SSSR count). The third kappa shape index (κ3) is 5.65. The van der Waals surface area contributed by atoms with E-state index in [0.717, 1.165) is 10.5 Å². The van der Waals surface area contributed by atoms with E-state index in [0.29, 0.717) is 24.9 Å². The SMILES string of the molecule is O=CCC(=O)CCc1ccc(SCCO)cc1. The minimum absolute atomic E-state index is 0.0151. The molecule has 0 aliphatic carbocycles. The number of aryl methyl sites for hydroxylation is 1. The fraction of sp³-hybridized carbons (Fsp3) is 0.385. The van der Waals surface area contributed by atoms with Crippen LogP contribution in [0, 0.1) is 0 Å². The van der Waals surface area contributed by atoms with Gasteiger partial charge in [0.25, 0.3) is 0 Å². The van der Waals surface area contributed by atoms with Gasteiger partial charge in [-0.2, -0.15) is 0 Å². The van der Waals surface area contributed by atoms with Crippen LogP contribution >= 0.6 is 11.8 Å². The number of hydrogen-bond acceptors (Lipinski definition) is 4. The fourth-order valence-electron chi connectivity index (χ4n) is 1.39. The summed E-state index contributed by atoms with van der Waals surface area (Å²) in [6.45, 7) is 0.173. The van der Waals surface area contributed by atoms with Gasteiger partial charge in [0.1, 0.15) is 12.1 Å². The lowest BCUT2D eigenvalue weighted by atomic mass is 10.1. The summed E-state index contributed by atoms with van der Waals surface area (Å²) in [7, 11) is 0. The lowest BCUT2D eigenvalue weighted by Gasteiger charge is -2.02. The molecule has 0 saturated heterocycles. The summed E-state index contributed by atoms with van der Waals surface area (Å²) < 4.78 is 0. The lowest BCUT2D eigenvalue weighted by molar-refractivity contribution is -0.122. The molecule has 0 fully saturated rings. The van der Waals surface area contributed by atoms with Crippen LogP contribution in [0.2, 0.25) is 0 Å². The summed E-state index contributed by atoms with van der Waals surface area (Å²) in [5, 5.41) is 8.69. The van der Waals surface area contributed by atoms with Gasteiger partial charge < -0.3 is 9.90 Å². The van der Waals surface area contributed by atoms with Crippen molar-refractivity contribution < 1.29 is 14.7 Å². The highest BCUT2D eigenvalue weighted by Crippen LogP contribution is 2.18. The number of aliphatic hydroxyl groups is 1. The molecule has 4 heteroatoms. The van der Waals surface area contributed by atoms with Gasteiger partial charge >= 0.3 is 0 Å². The number of thioether (sulfide) groups is 1. The fourth-order valence-corrected chi connectivity index (χ4v) is 2.05. The largest absolute Gasteiger partial charge is 0.396 e. The summed E-state index contributed by atoms with van der Waals surface area (Å²) in [6.07, 6.45) is 1.76. The van der Waals surface area contributed by atoms with Gasteiger partial charge in [-0.25, -0.2) is 0 Å². The predicted octanol–water partition coefficient (Wildman–Crippen LogP) is 1.86. The monoisotopic (exact) mass is 252 g/mol. The molecule has 0 bridgehead atoms. The number of carbonyl (C=O) groups excluding carboxylic acids is 2. The van der Waals surface area contributed by atoms with Crippen molar-refractivity contribution in [1.82, 2.24) is 0 Å². The van der Waals surface area contributed by atoms with Crippen molar-refractivity contribution in [1.29, 1.82) is 0 Å². The minimum atomic E-state index is -0.0151. The topological polar surface area (TPSA) is 54.4 Å². The van der Waals surface area contributed by atoms with Gasteiger partial charge in [-0.05, 0) is 24.1 Å². The molecule has 92 valence electrons. The van der Waals surface area contributed by atoms with Gasteiger partial charge in [0, 0.05) is 17.1 Å². The highest BCUT2D eigenvalue weighted by atomic mass is 32.2. The molecule has 0 heterocycles. The Morgan fingerprint density at radius 1 is 1.29 bits per heavy atom. The first-order valence-corrected chi connectivity index (χ1v) is 6.52. The maximum atomic E-state index is 11.2. The van der Waals surface area contributed by atoms with Crippen molar-refractivity contribution in [3.8, 4) is 0 Å². The standard InChI is InChI=1S/C13H16O3S/c14-8-7-12(16)4-1-11-2-5-13(6-3-11)17-10-9-15/h2-3,5-6,8,15H,1,4,7,9-10H2. The lowest BCUT2D eigenvalue weighted by Crippen LogP contribution is -2.00. The van der Waals surface area contributed by atoms with Crippen molar-refractivity contribution in [3.05, 3.63) is 29.8 Å². The maximum absolute atomic E-state index is 11.2. The van der Waals surface area contributed by atoms with Crippen LogP contribution in [0.3, 0.4) is 0 Å². The van der Waals surface area contributed by atoms with E-state index in [-0.39, 0.29) is 18.8 Å². The van der Waals surface area contributed by atoms with Crippen molar-refractivity contribution in [2.75, 3.05) is 12.4 Å². The second-order valence-corrected chi connectivity index (χ2v) is 4.79. The van der Waals surface area contributed by atoms with Crippen LogP contribution < -0.4 is 0 Å². The second-order valence-electron chi connectivity index (χ2n) is 3.63. The Kier molecular flexibility index (Phi) is 6.58. The van der Waals surface area contributed by atoms with Crippen molar-refractivity contribution in [3.63, 3.8) is 0 Å². The van der Waals surface area contributed by atoms with Crippen LogP contribution in [0.1, 0.15) is 18.4 Å². The number of aldehydes is 1. The molecule has 0 aliphatic rings. The van der Waals surface area contributed by atoms with E-state index in [1.165, 1.54) is 0 Å². The van der Waals surface area contributed by atoms with Gasteiger partial charge in [-0.15, -0.1) is 11.8 Å². The summed E-state index contributed by atoms with van der Waals surface area (Å²) in [4.78, 5) is 22.4. The number of aliphatic hydroxyl groups excluding tert-OH is 1.